The molecule has 29 heavy (non-hydrogen) atoms. The van der Waals surface area contributed by atoms with Crippen LogP contribution in [0.5, 0.6) is 0 Å². The number of pyridine rings is 1. The van der Waals surface area contributed by atoms with Gasteiger partial charge in [-0.1, -0.05) is 23.7 Å². The zero-order chi connectivity index (χ0) is 20.8. The van der Waals surface area contributed by atoms with Crippen molar-refractivity contribution in [3.8, 4) is 0 Å². The molecule has 1 aliphatic heterocycles. The van der Waals surface area contributed by atoms with Gasteiger partial charge in [-0.2, -0.15) is 0 Å². The number of halogens is 1. The minimum absolute atomic E-state index is 0.0273. The summed E-state index contributed by atoms with van der Waals surface area (Å²) in [5.41, 5.74) is 2.10. The van der Waals surface area contributed by atoms with Gasteiger partial charge in [0.25, 0.3) is 0 Å². The van der Waals surface area contributed by atoms with Crippen LogP contribution in [0.2, 0.25) is 5.02 Å². The van der Waals surface area contributed by atoms with Gasteiger partial charge < -0.3 is 15.1 Å². The Morgan fingerprint density at radius 1 is 1.14 bits per heavy atom. The van der Waals surface area contributed by atoms with Crippen LogP contribution >= 0.6 is 11.6 Å². The van der Waals surface area contributed by atoms with Gasteiger partial charge in [0.2, 0.25) is 11.8 Å². The van der Waals surface area contributed by atoms with Crippen LogP contribution in [0.15, 0.2) is 42.6 Å². The maximum Gasteiger partial charge on any atom is 0.239 e. The van der Waals surface area contributed by atoms with Gasteiger partial charge in [0, 0.05) is 43.1 Å². The third-order valence-corrected chi connectivity index (χ3v) is 5.04. The predicted octanol–water partition coefficient (Wildman–Crippen LogP) is 2.26. The van der Waals surface area contributed by atoms with Crippen molar-refractivity contribution in [1.29, 1.82) is 0 Å². The third-order valence-electron chi connectivity index (χ3n) is 4.80. The quantitative estimate of drug-likeness (QED) is 0.783. The number of benzene rings is 1. The second-order valence-electron chi connectivity index (χ2n) is 7.29. The summed E-state index contributed by atoms with van der Waals surface area (Å²) in [6.07, 6.45) is 1.70. The fraction of sp³-hybridized carbons (Fsp3) is 0.381. The van der Waals surface area contributed by atoms with Gasteiger partial charge in [-0.3, -0.25) is 14.5 Å². The second kappa shape index (κ2) is 9.71. The van der Waals surface area contributed by atoms with Crippen molar-refractivity contribution in [2.75, 3.05) is 56.5 Å². The fourth-order valence-corrected chi connectivity index (χ4v) is 3.43. The molecule has 0 unspecified atom stereocenters. The highest BCUT2D eigenvalue weighted by atomic mass is 35.5. The summed E-state index contributed by atoms with van der Waals surface area (Å²) < 4.78 is 0. The lowest BCUT2D eigenvalue weighted by atomic mass is 10.2. The van der Waals surface area contributed by atoms with Gasteiger partial charge in [-0.05, 0) is 43.8 Å². The van der Waals surface area contributed by atoms with Gasteiger partial charge in [0.15, 0.2) is 0 Å². The average Bonchev–Trinajstić information content (AvgIpc) is 2.69. The molecule has 1 fully saturated rings. The first kappa shape index (κ1) is 21.1. The van der Waals surface area contributed by atoms with E-state index in [-0.39, 0.29) is 24.9 Å². The van der Waals surface area contributed by atoms with E-state index >= 15 is 0 Å². The van der Waals surface area contributed by atoms with E-state index in [1.807, 2.05) is 42.2 Å². The second-order valence-corrected chi connectivity index (χ2v) is 7.73. The number of piperazine rings is 1. The summed E-state index contributed by atoms with van der Waals surface area (Å²) in [5.74, 6) is 0.347. The number of nitrogens with zero attached hydrogens (tertiary/aromatic N) is 4. The molecule has 1 aliphatic rings. The van der Waals surface area contributed by atoms with Crippen LogP contribution < -0.4 is 10.2 Å². The highest BCUT2D eigenvalue weighted by Gasteiger charge is 2.22. The van der Waals surface area contributed by atoms with E-state index in [2.05, 4.69) is 15.2 Å². The summed E-state index contributed by atoms with van der Waals surface area (Å²) in [5, 5.41) is 3.46. The van der Waals surface area contributed by atoms with Crippen LogP contribution in [0, 0.1) is 6.92 Å². The molecule has 1 aromatic heterocycles. The Morgan fingerprint density at radius 2 is 1.90 bits per heavy atom. The number of anilines is 2. The van der Waals surface area contributed by atoms with Crippen molar-refractivity contribution in [3.05, 3.63) is 53.2 Å². The smallest absolute Gasteiger partial charge is 0.239 e. The third kappa shape index (κ3) is 6.17. The molecule has 7 nitrogen and oxygen atoms in total. The Kier molecular flexibility index (Phi) is 7.06. The first-order chi connectivity index (χ1) is 13.9. The molecule has 2 amide bonds. The molecule has 2 aromatic rings. The zero-order valence-electron chi connectivity index (χ0n) is 16.8. The Hall–Kier alpha value is -2.64. The van der Waals surface area contributed by atoms with Crippen LogP contribution in [-0.2, 0) is 9.59 Å². The SMILES string of the molecule is Cc1ccc(NC(=O)CN(C)CC(=O)N2CCN(c3cccc(Cl)c3)CC2)nc1. The lowest BCUT2D eigenvalue weighted by Gasteiger charge is -2.36. The molecule has 0 saturated carbocycles. The fourth-order valence-electron chi connectivity index (χ4n) is 3.24. The maximum absolute atomic E-state index is 12.6. The van der Waals surface area contributed by atoms with Crippen LogP contribution in [0.3, 0.4) is 0 Å². The van der Waals surface area contributed by atoms with E-state index in [4.69, 9.17) is 11.6 Å². The number of likely N-dealkylation sites (N-methyl/N-ethyl adjacent to an activating group) is 1. The lowest BCUT2D eigenvalue weighted by Crippen LogP contribution is -2.51. The van der Waals surface area contributed by atoms with Gasteiger partial charge >= 0.3 is 0 Å². The topological polar surface area (TPSA) is 68.8 Å². The predicted molar refractivity (Wildman–Crippen MR) is 115 cm³/mol. The van der Waals surface area contributed by atoms with E-state index in [0.717, 1.165) is 24.3 Å². The van der Waals surface area contributed by atoms with Gasteiger partial charge in [-0.15, -0.1) is 0 Å². The summed E-state index contributed by atoms with van der Waals surface area (Å²) in [6, 6.07) is 11.4. The number of carbonyl (C=O) groups excluding carboxylic acids is 2. The van der Waals surface area contributed by atoms with E-state index in [9.17, 15) is 9.59 Å². The van der Waals surface area contributed by atoms with E-state index < -0.39 is 0 Å². The molecule has 2 heterocycles. The Balaban J connectivity index is 1.43. The molecule has 0 aliphatic carbocycles. The summed E-state index contributed by atoms with van der Waals surface area (Å²) >= 11 is 6.07. The summed E-state index contributed by atoms with van der Waals surface area (Å²) in [6.45, 7) is 5.09. The van der Waals surface area contributed by atoms with Crippen molar-refractivity contribution in [3.63, 3.8) is 0 Å². The highest BCUT2D eigenvalue weighted by molar-refractivity contribution is 6.30. The molecule has 0 bridgehead atoms. The van der Waals surface area contributed by atoms with Crippen molar-refractivity contribution in [1.82, 2.24) is 14.8 Å². The van der Waals surface area contributed by atoms with Gasteiger partial charge in [0.05, 0.1) is 13.1 Å². The zero-order valence-corrected chi connectivity index (χ0v) is 17.5. The van der Waals surface area contributed by atoms with Crippen molar-refractivity contribution in [2.45, 2.75) is 6.92 Å². The molecule has 8 heteroatoms. The molecule has 1 saturated heterocycles. The van der Waals surface area contributed by atoms with E-state index in [0.29, 0.717) is 23.9 Å². The number of amides is 2. The number of hydrogen-bond donors (Lipinski definition) is 1. The number of carbonyl (C=O) groups is 2. The first-order valence-electron chi connectivity index (χ1n) is 9.60. The molecule has 1 aromatic carbocycles. The van der Waals surface area contributed by atoms with Crippen molar-refractivity contribution in [2.24, 2.45) is 0 Å². The molecule has 154 valence electrons. The molecule has 0 radical (unpaired) electrons. The number of hydrogen-bond acceptors (Lipinski definition) is 5. The molecule has 0 atom stereocenters. The number of nitrogens with one attached hydrogen (secondary N) is 1. The largest absolute Gasteiger partial charge is 0.368 e. The Bertz CT molecular complexity index is 850. The van der Waals surface area contributed by atoms with Crippen molar-refractivity contribution >= 4 is 34.9 Å². The standard InChI is InChI=1S/C21H26ClN5O2/c1-16-6-7-19(23-13-16)24-20(28)14-25(2)15-21(29)27-10-8-26(9-11-27)18-5-3-4-17(22)12-18/h3-7,12-13H,8-11,14-15H2,1-2H3,(H,23,24,28). The van der Waals surface area contributed by atoms with Crippen molar-refractivity contribution < 1.29 is 9.59 Å². The summed E-state index contributed by atoms with van der Waals surface area (Å²) in [4.78, 5) is 34.7. The van der Waals surface area contributed by atoms with Crippen LogP contribution in [-0.4, -0.2) is 72.9 Å². The van der Waals surface area contributed by atoms with Crippen LogP contribution in [0.1, 0.15) is 5.56 Å². The number of aryl methyl sites for hydroxylation is 1. The van der Waals surface area contributed by atoms with Gasteiger partial charge in [-0.25, -0.2) is 4.98 Å². The molecule has 0 spiro atoms. The molecular weight excluding hydrogens is 390 g/mol. The minimum Gasteiger partial charge on any atom is -0.368 e. The Morgan fingerprint density at radius 3 is 2.55 bits per heavy atom. The minimum atomic E-state index is -0.192. The lowest BCUT2D eigenvalue weighted by molar-refractivity contribution is -0.132. The molecule has 1 N–H and O–H groups in total. The van der Waals surface area contributed by atoms with Crippen LogP contribution in [0.4, 0.5) is 11.5 Å². The van der Waals surface area contributed by atoms with Crippen LogP contribution in [0.25, 0.3) is 0 Å². The molecular formula is C21H26ClN5O2. The Labute approximate surface area is 176 Å². The molecule has 3 rings (SSSR count). The van der Waals surface area contributed by atoms with Gasteiger partial charge in [0.1, 0.15) is 5.82 Å². The first-order valence-corrected chi connectivity index (χ1v) is 9.98. The summed E-state index contributed by atoms with van der Waals surface area (Å²) in [7, 11) is 1.77. The number of rotatable bonds is 6. The number of aromatic nitrogens is 1. The van der Waals surface area contributed by atoms with E-state index in [1.165, 1.54) is 0 Å². The average molecular weight is 416 g/mol. The monoisotopic (exact) mass is 415 g/mol. The van der Waals surface area contributed by atoms with E-state index in [1.54, 1.807) is 24.2 Å². The maximum atomic E-state index is 12.6. The highest BCUT2D eigenvalue weighted by Crippen LogP contribution is 2.20. The normalized spacial score (nSPS) is 14.2.